The van der Waals surface area contributed by atoms with Gasteiger partial charge in [0.25, 0.3) is 23.6 Å². The van der Waals surface area contributed by atoms with Gasteiger partial charge in [0.2, 0.25) is 0 Å². The molecule has 2 aliphatic heterocycles. The van der Waals surface area contributed by atoms with Crippen LogP contribution < -0.4 is 10.0 Å². The highest BCUT2D eigenvalue weighted by atomic mass is 16.2. The molecule has 0 unspecified atom stereocenters. The van der Waals surface area contributed by atoms with Crippen molar-refractivity contribution in [1.82, 2.24) is 20.0 Å². The molecule has 0 spiro atoms. The Morgan fingerprint density at radius 1 is 0.370 bits per heavy atom. The number of pyridine rings is 2. The molecule has 0 saturated carbocycles. The van der Waals surface area contributed by atoms with Crippen molar-refractivity contribution in [3.63, 3.8) is 0 Å². The Morgan fingerprint density at radius 2 is 0.652 bits per heavy atom. The van der Waals surface area contributed by atoms with Crippen LogP contribution in [0.15, 0.2) is 134 Å². The maximum atomic E-state index is 14.3. The molecule has 46 heavy (non-hydrogen) atoms. The molecule has 0 N–H and O–H groups in total. The summed E-state index contributed by atoms with van der Waals surface area (Å²) in [6, 6.07) is 31.2. The number of rotatable bonds is 6. The van der Waals surface area contributed by atoms with Crippen LogP contribution in [0.5, 0.6) is 0 Å². The molecule has 10 nitrogen and oxygen atoms in total. The van der Waals surface area contributed by atoms with E-state index in [1.165, 1.54) is 5.01 Å². The first-order chi connectivity index (χ1) is 22.5. The zero-order valence-electron chi connectivity index (χ0n) is 24.0. The first-order valence-corrected chi connectivity index (χ1v) is 14.4. The lowest BCUT2D eigenvalue weighted by molar-refractivity contribution is 0.0589. The second-order valence-electron chi connectivity index (χ2n) is 10.6. The van der Waals surface area contributed by atoms with Crippen LogP contribution in [0.1, 0.15) is 41.4 Å². The van der Waals surface area contributed by atoms with E-state index in [9.17, 15) is 19.2 Å². The topological polar surface area (TPSA) is 107 Å². The number of carbonyl (C=O) groups is 4. The number of anilines is 4. The average molecular weight is 603 g/mol. The summed E-state index contributed by atoms with van der Waals surface area (Å²) < 4.78 is 0. The summed E-state index contributed by atoms with van der Waals surface area (Å²) in [6.45, 7) is 0. The first-order valence-electron chi connectivity index (χ1n) is 14.4. The Bertz CT molecular complexity index is 1890. The van der Waals surface area contributed by atoms with Crippen molar-refractivity contribution >= 4 is 57.2 Å². The predicted molar refractivity (Wildman–Crippen MR) is 171 cm³/mol. The number of hydrogen-bond acceptors (Lipinski definition) is 8. The molecule has 0 radical (unpaired) electrons. The Hall–Kier alpha value is -6.68. The van der Waals surface area contributed by atoms with E-state index in [4.69, 9.17) is 0 Å². The highest BCUT2D eigenvalue weighted by Gasteiger charge is 2.44. The van der Waals surface area contributed by atoms with Crippen LogP contribution >= 0.6 is 0 Å². The average Bonchev–Trinajstić information content (AvgIpc) is 3.11. The van der Waals surface area contributed by atoms with E-state index < -0.39 is 23.6 Å². The van der Waals surface area contributed by atoms with E-state index in [-0.39, 0.29) is 33.0 Å². The van der Waals surface area contributed by atoms with Crippen molar-refractivity contribution in [3.8, 4) is 0 Å². The van der Waals surface area contributed by atoms with Crippen molar-refractivity contribution in [2.24, 2.45) is 0 Å². The Kier molecular flexibility index (Phi) is 6.14. The Balaban J connectivity index is 1.29. The van der Waals surface area contributed by atoms with Gasteiger partial charge in [-0.2, -0.15) is 10.0 Å². The summed E-state index contributed by atoms with van der Waals surface area (Å²) in [7, 11) is 0. The third-order valence-electron chi connectivity index (χ3n) is 8.07. The SMILES string of the molecule is O=C1c2ccc3c4c(ccc(c24)C(=O)N1N(c1ccccc1)c1ccccc1)C(=O)N(N(c1ccncc1)c1ccncc1)C3=O. The molecule has 0 fully saturated rings. The van der Waals surface area contributed by atoms with Gasteiger partial charge in [0, 0.05) is 35.6 Å². The van der Waals surface area contributed by atoms with Crippen molar-refractivity contribution < 1.29 is 19.2 Å². The smallest absolute Gasteiger partial charge is 0.267 e. The molecule has 220 valence electrons. The van der Waals surface area contributed by atoms with Gasteiger partial charge in [0.1, 0.15) is 0 Å². The van der Waals surface area contributed by atoms with Crippen molar-refractivity contribution in [3.05, 3.63) is 156 Å². The Labute approximate surface area is 262 Å². The van der Waals surface area contributed by atoms with E-state index in [0.29, 0.717) is 22.7 Å². The quantitative estimate of drug-likeness (QED) is 0.204. The number of amides is 4. The lowest BCUT2D eigenvalue weighted by Gasteiger charge is -2.39. The largest absolute Gasteiger partial charge is 0.280 e. The van der Waals surface area contributed by atoms with Crippen molar-refractivity contribution in [1.29, 1.82) is 0 Å². The summed E-state index contributed by atoms with van der Waals surface area (Å²) in [4.78, 5) is 65.3. The molecule has 6 aromatic rings. The summed E-state index contributed by atoms with van der Waals surface area (Å²) in [5.74, 6) is -2.36. The van der Waals surface area contributed by atoms with Gasteiger partial charge in [-0.1, -0.05) is 36.4 Å². The summed E-state index contributed by atoms with van der Waals surface area (Å²) in [5, 5.41) is 5.81. The van der Waals surface area contributed by atoms with Crippen LogP contribution in [-0.2, 0) is 0 Å². The molecule has 0 saturated heterocycles. The van der Waals surface area contributed by atoms with E-state index in [2.05, 4.69) is 9.97 Å². The van der Waals surface area contributed by atoms with Gasteiger partial charge >= 0.3 is 0 Å². The van der Waals surface area contributed by atoms with E-state index >= 15 is 0 Å². The number of para-hydroxylation sites is 2. The lowest BCUT2D eigenvalue weighted by atomic mass is 9.86. The molecule has 2 aromatic heterocycles. The molecule has 4 heterocycles. The molecule has 10 heteroatoms. The molecular weight excluding hydrogens is 580 g/mol. The van der Waals surface area contributed by atoms with Crippen LogP contribution in [0.2, 0.25) is 0 Å². The summed E-state index contributed by atoms with van der Waals surface area (Å²) in [6.07, 6.45) is 6.27. The fraction of sp³-hybridized carbons (Fsp3) is 0. The van der Waals surface area contributed by atoms with E-state index in [1.54, 1.807) is 78.3 Å². The molecule has 0 atom stereocenters. The third kappa shape index (κ3) is 3.97. The number of hydrogen-bond donors (Lipinski definition) is 0. The van der Waals surface area contributed by atoms with Crippen LogP contribution in [-0.4, -0.2) is 43.6 Å². The number of nitrogens with zero attached hydrogens (tertiary/aromatic N) is 6. The molecule has 8 rings (SSSR count). The number of carbonyl (C=O) groups excluding carboxylic acids is 4. The van der Waals surface area contributed by atoms with Gasteiger partial charge in [-0.25, -0.2) is 10.0 Å². The first kappa shape index (κ1) is 26.9. The van der Waals surface area contributed by atoms with E-state index in [1.807, 2.05) is 60.7 Å². The minimum Gasteiger partial charge on any atom is -0.267 e. The van der Waals surface area contributed by atoms with Gasteiger partial charge in [-0.3, -0.25) is 29.1 Å². The number of benzene rings is 4. The normalized spacial score (nSPS) is 13.7. The second kappa shape index (κ2) is 10.5. The lowest BCUT2D eigenvalue weighted by Crippen LogP contribution is -2.52. The fourth-order valence-electron chi connectivity index (χ4n) is 6.08. The molecule has 4 aromatic carbocycles. The standard InChI is InChI=1S/C36H22N6O4/c43-33-27-11-13-29-32-30(36(46)42(35(29)45)40(25-15-19-37-20-16-25)26-17-21-38-22-18-26)14-12-28(31(27)32)34(44)41(33)39(23-7-3-1-4-8-23)24-9-5-2-6-10-24/h1-22H. The van der Waals surface area contributed by atoms with Crippen LogP contribution in [0.25, 0.3) is 10.8 Å². The van der Waals surface area contributed by atoms with Gasteiger partial charge in [-0.15, -0.1) is 0 Å². The number of imide groups is 2. The molecule has 2 aliphatic rings. The second-order valence-corrected chi connectivity index (χ2v) is 10.6. The molecule has 4 amide bonds. The zero-order chi connectivity index (χ0) is 31.4. The van der Waals surface area contributed by atoms with Gasteiger partial charge < -0.3 is 0 Å². The van der Waals surface area contributed by atoms with Crippen LogP contribution in [0, 0.1) is 0 Å². The summed E-state index contributed by atoms with van der Waals surface area (Å²) in [5.41, 5.74) is 3.08. The predicted octanol–water partition coefficient (Wildman–Crippen LogP) is 6.33. The molecule has 0 aliphatic carbocycles. The van der Waals surface area contributed by atoms with Gasteiger partial charge in [0.05, 0.1) is 45.0 Å². The van der Waals surface area contributed by atoms with Crippen LogP contribution in [0.4, 0.5) is 22.7 Å². The van der Waals surface area contributed by atoms with Gasteiger partial charge in [0.15, 0.2) is 0 Å². The maximum absolute atomic E-state index is 14.3. The highest BCUT2D eigenvalue weighted by Crippen LogP contribution is 2.41. The number of hydrazine groups is 2. The fourth-order valence-corrected chi connectivity index (χ4v) is 6.08. The van der Waals surface area contributed by atoms with Gasteiger partial charge in [-0.05, 0) is 72.8 Å². The minimum atomic E-state index is -0.604. The van der Waals surface area contributed by atoms with Crippen molar-refractivity contribution in [2.75, 3.05) is 10.0 Å². The van der Waals surface area contributed by atoms with E-state index in [0.717, 1.165) is 10.0 Å². The Morgan fingerprint density at radius 3 is 0.957 bits per heavy atom. The zero-order valence-corrected chi connectivity index (χ0v) is 24.0. The van der Waals surface area contributed by atoms with Crippen LogP contribution in [0.3, 0.4) is 0 Å². The van der Waals surface area contributed by atoms with Crippen molar-refractivity contribution in [2.45, 2.75) is 0 Å². The summed E-state index contributed by atoms with van der Waals surface area (Å²) >= 11 is 0. The molecular formula is C36H22N6O4. The minimum absolute atomic E-state index is 0.195. The number of aromatic nitrogens is 2. The monoisotopic (exact) mass is 602 g/mol. The maximum Gasteiger partial charge on any atom is 0.280 e. The highest BCUT2D eigenvalue weighted by molar-refractivity contribution is 6.34. The third-order valence-corrected chi connectivity index (χ3v) is 8.07. The molecule has 0 bridgehead atoms.